The number of hydrogen-bond donors (Lipinski definition) is 0. The van der Waals surface area contributed by atoms with E-state index in [9.17, 15) is 14.4 Å². The van der Waals surface area contributed by atoms with Crippen molar-refractivity contribution in [1.82, 2.24) is 9.80 Å². The lowest BCUT2D eigenvalue weighted by molar-refractivity contribution is -0.131. The molecule has 4 amide bonds. The van der Waals surface area contributed by atoms with Crippen LogP contribution in [-0.2, 0) is 4.79 Å². The van der Waals surface area contributed by atoms with Crippen molar-refractivity contribution in [3.8, 4) is 0 Å². The summed E-state index contributed by atoms with van der Waals surface area (Å²) in [6.07, 6.45) is 6.05. The predicted octanol–water partition coefficient (Wildman–Crippen LogP) is 2.53. The van der Waals surface area contributed by atoms with E-state index < -0.39 is 11.9 Å². The topological polar surface area (TPSA) is 82.4 Å². The molecule has 0 radical (unpaired) electrons. The standard InChI is InChI=1S/C21H22N4O3/c1-13-5-6-14(2)17(12-13)19(26)24-10-7-15(8-11-24)25-20(27)16-4-3-9-22-18(16)23-21(25)28/h3-6,9,12,15-16H,7-8,10-11H2,1-2H3. The Morgan fingerprint density at radius 1 is 1.14 bits per heavy atom. The summed E-state index contributed by atoms with van der Waals surface area (Å²) in [6, 6.07) is 5.06. The summed E-state index contributed by atoms with van der Waals surface area (Å²) in [7, 11) is 0. The lowest BCUT2D eigenvalue weighted by Crippen LogP contribution is -2.54. The quantitative estimate of drug-likeness (QED) is 0.793. The van der Waals surface area contributed by atoms with Gasteiger partial charge in [-0.3, -0.25) is 14.5 Å². The Labute approximate surface area is 163 Å². The van der Waals surface area contributed by atoms with E-state index in [1.165, 1.54) is 11.1 Å². The molecule has 1 fully saturated rings. The Hall–Kier alpha value is -3.09. The number of benzene rings is 1. The maximum atomic E-state index is 12.9. The first-order chi connectivity index (χ1) is 13.5. The second kappa shape index (κ2) is 7.14. The molecule has 7 nitrogen and oxygen atoms in total. The van der Waals surface area contributed by atoms with Crippen molar-refractivity contribution < 1.29 is 14.4 Å². The lowest BCUT2D eigenvalue weighted by Gasteiger charge is -2.39. The second-order valence-electron chi connectivity index (χ2n) is 7.44. The monoisotopic (exact) mass is 378 g/mol. The van der Waals surface area contributed by atoms with E-state index in [2.05, 4.69) is 9.98 Å². The summed E-state index contributed by atoms with van der Waals surface area (Å²) >= 11 is 0. The molecule has 7 heteroatoms. The summed E-state index contributed by atoms with van der Waals surface area (Å²) < 4.78 is 0. The van der Waals surface area contributed by atoms with Crippen LogP contribution in [0.25, 0.3) is 0 Å². The molecule has 4 rings (SSSR count). The number of fused-ring (bicyclic) bond motifs is 1. The average molecular weight is 378 g/mol. The van der Waals surface area contributed by atoms with Crippen molar-refractivity contribution >= 4 is 29.9 Å². The van der Waals surface area contributed by atoms with Gasteiger partial charge in [-0.15, -0.1) is 0 Å². The molecule has 0 spiro atoms. The molecule has 28 heavy (non-hydrogen) atoms. The van der Waals surface area contributed by atoms with E-state index >= 15 is 0 Å². The Bertz CT molecular complexity index is 939. The van der Waals surface area contributed by atoms with Crippen molar-refractivity contribution in [1.29, 1.82) is 0 Å². The van der Waals surface area contributed by atoms with Crippen molar-refractivity contribution in [3.63, 3.8) is 0 Å². The third-order valence-electron chi connectivity index (χ3n) is 5.53. The van der Waals surface area contributed by atoms with Gasteiger partial charge in [0, 0.05) is 30.9 Å². The summed E-state index contributed by atoms with van der Waals surface area (Å²) in [5.74, 6) is -0.600. The van der Waals surface area contributed by atoms with Gasteiger partial charge in [0.1, 0.15) is 11.8 Å². The van der Waals surface area contributed by atoms with Gasteiger partial charge in [0.25, 0.3) is 5.91 Å². The summed E-state index contributed by atoms with van der Waals surface area (Å²) in [5.41, 5.74) is 2.71. The summed E-state index contributed by atoms with van der Waals surface area (Å²) in [6.45, 7) is 4.90. The molecule has 1 atom stereocenters. The van der Waals surface area contributed by atoms with Crippen LogP contribution in [0.1, 0.15) is 34.3 Å². The van der Waals surface area contributed by atoms with Gasteiger partial charge < -0.3 is 4.90 Å². The van der Waals surface area contributed by atoms with Crippen molar-refractivity contribution in [2.45, 2.75) is 32.7 Å². The minimum atomic E-state index is -0.586. The number of aryl methyl sites for hydroxylation is 2. The predicted molar refractivity (Wildman–Crippen MR) is 106 cm³/mol. The van der Waals surface area contributed by atoms with Crippen LogP contribution in [0.3, 0.4) is 0 Å². The Morgan fingerprint density at radius 3 is 2.64 bits per heavy atom. The number of likely N-dealkylation sites (tertiary alicyclic amines) is 1. The highest BCUT2D eigenvalue weighted by molar-refractivity contribution is 6.19. The highest BCUT2D eigenvalue weighted by Gasteiger charge is 2.41. The van der Waals surface area contributed by atoms with Crippen LogP contribution >= 0.6 is 0 Å². The number of imide groups is 1. The van der Waals surface area contributed by atoms with E-state index in [1.807, 2.05) is 32.0 Å². The maximum absolute atomic E-state index is 12.9. The van der Waals surface area contributed by atoms with Gasteiger partial charge in [-0.1, -0.05) is 23.8 Å². The molecule has 0 N–H and O–H groups in total. The summed E-state index contributed by atoms with van der Waals surface area (Å²) in [4.78, 5) is 49.2. The van der Waals surface area contributed by atoms with E-state index in [1.54, 1.807) is 17.1 Å². The Kier molecular flexibility index (Phi) is 4.66. The number of aliphatic imine (C=N–C) groups is 2. The number of urea groups is 1. The highest BCUT2D eigenvalue weighted by atomic mass is 16.2. The molecule has 3 aliphatic heterocycles. The van der Waals surface area contributed by atoms with Crippen molar-refractivity contribution in [2.75, 3.05) is 13.1 Å². The molecule has 1 saturated heterocycles. The van der Waals surface area contributed by atoms with Gasteiger partial charge in [0.05, 0.1) is 0 Å². The zero-order chi connectivity index (χ0) is 19.8. The zero-order valence-electron chi connectivity index (χ0n) is 16.0. The molecule has 1 unspecified atom stereocenters. The molecule has 0 bridgehead atoms. The number of amides is 4. The van der Waals surface area contributed by atoms with Crippen LogP contribution in [0.2, 0.25) is 0 Å². The van der Waals surface area contributed by atoms with Gasteiger partial charge in [-0.25, -0.2) is 9.79 Å². The smallest absolute Gasteiger partial charge is 0.338 e. The van der Waals surface area contributed by atoms with Crippen LogP contribution in [0.15, 0.2) is 40.3 Å². The number of hydrogen-bond acceptors (Lipinski definition) is 4. The third-order valence-corrected chi connectivity index (χ3v) is 5.53. The average Bonchev–Trinajstić information content (AvgIpc) is 2.70. The fraction of sp³-hybridized carbons (Fsp3) is 0.381. The Balaban J connectivity index is 1.46. The van der Waals surface area contributed by atoms with Gasteiger partial charge in [0.2, 0.25) is 5.91 Å². The van der Waals surface area contributed by atoms with Crippen molar-refractivity contribution in [3.05, 3.63) is 47.0 Å². The minimum Gasteiger partial charge on any atom is -0.338 e. The van der Waals surface area contributed by atoms with E-state index in [-0.39, 0.29) is 23.7 Å². The summed E-state index contributed by atoms with van der Waals surface area (Å²) in [5, 5.41) is 0. The number of piperidine rings is 1. The first-order valence-corrected chi connectivity index (χ1v) is 9.48. The highest BCUT2D eigenvalue weighted by Crippen LogP contribution is 2.26. The van der Waals surface area contributed by atoms with Crippen LogP contribution in [-0.4, -0.2) is 58.8 Å². The molecule has 0 aromatic heterocycles. The Morgan fingerprint density at radius 2 is 1.89 bits per heavy atom. The molecule has 3 heterocycles. The fourth-order valence-corrected chi connectivity index (χ4v) is 3.93. The lowest BCUT2D eigenvalue weighted by atomic mass is 9.96. The van der Waals surface area contributed by atoms with Crippen LogP contribution in [0.4, 0.5) is 4.79 Å². The molecule has 0 saturated carbocycles. The number of nitrogens with zero attached hydrogens (tertiary/aromatic N) is 4. The van der Waals surface area contributed by atoms with Gasteiger partial charge in [-0.05, 0) is 44.4 Å². The first kappa shape index (κ1) is 18.3. The van der Waals surface area contributed by atoms with E-state index in [4.69, 9.17) is 0 Å². The fourth-order valence-electron chi connectivity index (χ4n) is 3.93. The number of rotatable bonds is 2. The third kappa shape index (κ3) is 3.17. The molecule has 1 aromatic carbocycles. The first-order valence-electron chi connectivity index (χ1n) is 9.48. The molecular weight excluding hydrogens is 356 g/mol. The van der Waals surface area contributed by atoms with Crippen molar-refractivity contribution in [2.24, 2.45) is 15.9 Å². The van der Waals surface area contributed by atoms with Crippen LogP contribution < -0.4 is 0 Å². The van der Waals surface area contributed by atoms with Gasteiger partial charge >= 0.3 is 6.03 Å². The van der Waals surface area contributed by atoms with Gasteiger partial charge in [0.15, 0.2) is 0 Å². The molecule has 0 aliphatic carbocycles. The second-order valence-corrected chi connectivity index (χ2v) is 7.44. The largest absolute Gasteiger partial charge is 0.352 e. The molecular formula is C21H22N4O3. The van der Waals surface area contributed by atoms with Crippen LogP contribution in [0, 0.1) is 19.8 Å². The number of carbonyl (C=O) groups is 3. The number of carbonyl (C=O) groups excluding carboxylic acids is 3. The SMILES string of the molecule is Cc1ccc(C)c(C(=O)N2CCC(N3C(=O)N=C4N=CC=CC4C3=O)CC2)c1. The van der Waals surface area contributed by atoms with Gasteiger partial charge in [-0.2, -0.15) is 4.99 Å². The van der Waals surface area contributed by atoms with E-state index in [0.29, 0.717) is 31.5 Å². The molecule has 1 aromatic rings. The van der Waals surface area contributed by atoms with E-state index in [0.717, 1.165) is 11.1 Å². The van der Waals surface area contributed by atoms with Crippen LogP contribution in [0.5, 0.6) is 0 Å². The number of allylic oxidation sites excluding steroid dienone is 1. The number of amidine groups is 1. The maximum Gasteiger partial charge on any atom is 0.352 e. The number of dihydropyridines is 1. The minimum absolute atomic E-state index is 0.000746. The molecule has 144 valence electrons. The normalized spacial score (nSPS) is 22.4. The zero-order valence-corrected chi connectivity index (χ0v) is 16.0. The molecule has 3 aliphatic rings.